The number of nitrogens with one attached hydrogen (secondary N) is 1. The molecule has 5 aromatic rings. The summed E-state index contributed by atoms with van der Waals surface area (Å²) in [5.41, 5.74) is 2.12. The Morgan fingerprint density at radius 3 is 2.33 bits per heavy atom. The lowest BCUT2D eigenvalue weighted by atomic mass is 9.82. The van der Waals surface area contributed by atoms with Gasteiger partial charge < -0.3 is 14.6 Å². The molecule has 2 aliphatic heterocycles. The molecule has 8 nitrogen and oxygen atoms in total. The molecule has 1 aromatic heterocycles. The SMILES string of the molecule is COc1ccc([Si](C)(C)[C@H]2[C@H](CCO)O[C@@]3(C(=O)N(c4ccccc4)c4ccc(-n5[nH]c6ccccc6c5=O)cc43)[C@@H]2C)cc1. The summed E-state index contributed by atoms with van der Waals surface area (Å²) in [6, 6.07) is 31.0. The third-order valence-corrected chi connectivity index (χ3v) is 14.4. The first kappa shape index (κ1) is 29.3. The van der Waals surface area contributed by atoms with Crippen molar-refractivity contribution in [2.24, 2.45) is 5.92 Å². The molecule has 2 N–H and O–H groups in total. The summed E-state index contributed by atoms with van der Waals surface area (Å²) in [7, 11) is -0.666. The number of nitrogens with zero attached hydrogens (tertiary/aromatic N) is 2. The first-order valence-corrected chi connectivity index (χ1v) is 18.5. The van der Waals surface area contributed by atoms with Gasteiger partial charge in [-0.15, -0.1) is 0 Å². The predicted octanol–water partition coefficient (Wildman–Crippen LogP) is 5.60. The average Bonchev–Trinajstić information content (AvgIpc) is 3.64. The molecule has 4 atom stereocenters. The Morgan fingerprint density at radius 1 is 0.933 bits per heavy atom. The molecule has 1 saturated heterocycles. The van der Waals surface area contributed by atoms with Gasteiger partial charge in [0.2, 0.25) is 0 Å². The normalized spacial score (nSPS) is 22.8. The van der Waals surface area contributed by atoms with Crippen molar-refractivity contribution in [3.63, 3.8) is 0 Å². The Kier molecular flexibility index (Phi) is 7.07. The van der Waals surface area contributed by atoms with Gasteiger partial charge in [0.05, 0.1) is 43.6 Å². The van der Waals surface area contributed by atoms with Gasteiger partial charge in [0.1, 0.15) is 5.75 Å². The van der Waals surface area contributed by atoms with Crippen LogP contribution >= 0.6 is 0 Å². The molecule has 230 valence electrons. The van der Waals surface area contributed by atoms with Crippen molar-refractivity contribution in [1.29, 1.82) is 0 Å². The quantitative estimate of drug-likeness (QED) is 0.231. The van der Waals surface area contributed by atoms with E-state index in [4.69, 9.17) is 9.47 Å². The lowest BCUT2D eigenvalue weighted by Gasteiger charge is -2.37. The minimum atomic E-state index is -2.32. The van der Waals surface area contributed by atoms with Gasteiger partial charge in [-0.25, -0.2) is 4.68 Å². The van der Waals surface area contributed by atoms with E-state index in [1.807, 2.05) is 78.9 Å². The summed E-state index contributed by atoms with van der Waals surface area (Å²) < 4.78 is 14.0. The zero-order valence-corrected chi connectivity index (χ0v) is 26.9. The topological polar surface area (TPSA) is 96.8 Å². The Morgan fingerprint density at radius 2 is 1.64 bits per heavy atom. The highest BCUT2D eigenvalue weighted by Crippen LogP contribution is 2.61. The number of carbonyl (C=O) groups excluding carboxylic acids is 1. The summed E-state index contributed by atoms with van der Waals surface area (Å²) in [5, 5.41) is 15.3. The van der Waals surface area contributed by atoms with Crippen molar-refractivity contribution in [2.45, 2.75) is 43.7 Å². The molecular weight excluding hydrogens is 582 g/mol. The molecule has 4 aromatic carbocycles. The van der Waals surface area contributed by atoms with Crippen LogP contribution in [0.5, 0.6) is 5.75 Å². The van der Waals surface area contributed by atoms with E-state index >= 15 is 0 Å². The number of aliphatic hydroxyl groups excluding tert-OH is 1. The second kappa shape index (κ2) is 10.9. The van der Waals surface area contributed by atoms with E-state index in [0.29, 0.717) is 17.5 Å². The zero-order chi connectivity index (χ0) is 31.5. The van der Waals surface area contributed by atoms with Crippen LogP contribution in [0.1, 0.15) is 18.9 Å². The fourth-order valence-electron chi connectivity index (χ4n) is 7.84. The molecular formula is C36H37N3O5Si. The van der Waals surface area contributed by atoms with Gasteiger partial charge in [0.25, 0.3) is 11.5 Å². The highest BCUT2D eigenvalue weighted by Gasteiger charge is 2.66. The van der Waals surface area contributed by atoms with Gasteiger partial charge in [-0.2, -0.15) is 0 Å². The van der Waals surface area contributed by atoms with Crippen LogP contribution in [0.3, 0.4) is 0 Å². The van der Waals surface area contributed by atoms with Crippen LogP contribution in [0.15, 0.2) is 102 Å². The second-order valence-corrected chi connectivity index (χ2v) is 17.3. The van der Waals surface area contributed by atoms with Crippen LogP contribution in [0.4, 0.5) is 11.4 Å². The average molecular weight is 620 g/mol. The van der Waals surface area contributed by atoms with Crippen molar-refractivity contribution in [3.05, 3.63) is 113 Å². The zero-order valence-electron chi connectivity index (χ0n) is 25.9. The number of aromatic nitrogens is 2. The van der Waals surface area contributed by atoms with Crippen LogP contribution < -0.4 is 20.4 Å². The molecule has 45 heavy (non-hydrogen) atoms. The number of carbonyl (C=O) groups is 1. The van der Waals surface area contributed by atoms with Crippen molar-refractivity contribution >= 4 is 41.4 Å². The third-order valence-electron chi connectivity index (χ3n) is 10.0. The smallest absolute Gasteiger partial charge is 0.279 e. The van der Waals surface area contributed by atoms with E-state index in [2.05, 4.69) is 37.2 Å². The number of methoxy groups -OCH3 is 1. The molecule has 0 saturated carbocycles. The number of aliphatic hydroxyl groups is 1. The number of anilines is 2. The number of hydrogen-bond acceptors (Lipinski definition) is 5. The standard InChI is InChI=1S/C36H37N3O5Si/c1-23-33(45(3,4)27-17-15-26(43-2)16-18-27)32(20-21-40)44-36(23)29-22-25(39-34(41)28-12-8-9-13-30(28)37-39)14-19-31(29)38(35(36)42)24-10-6-5-7-11-24/h5-19,22-23,32-33,37,40H,20-21H2,1-4H3/t23-,32+,33-,36+/m1/s1. The number of hydrogen-bond donors (Lipinski definition) is 2. The maximum Gasteiger partial charge on any atom is 0.279 e. The maximum absolute atomic E-state index is 15.0. The van der Waals surface area contributed by atoms with Crippen molar-refractivity contribution in [2.75, 3.05) is 18.6 Å². The van der Waals surface area contributed by atoms with Crippen LogP contribution in [0.2, 0.25) is 18.6 Å². The Bertz CT molecular complexity index is 1950. The predicted molar refractivity (Wildman–Crippen MR) is 179 cm³/mol. The van der Waals surface area contributed by atoms with Crippen LogP contribution in [0.25, 0.3) is 16.6 Å². The summed E-state index contributed by atoms with van der Waals surface area (Å²) in [6.45, 7) is 6.71. The Balaban J connectivity index is 1.42. The summed E-state index contributed by atoms with van der Waals surface area (Å²) in [4.78, 5) is 30.2. The van der Waals surface area contributed by atoms with Gasteiger partial charge in [-0.05, 0) is 66.6 Å². The molecule has 0 unspecified atom stereocenters. The molecule has 3 heterocycles. The van der Waals surface area contributed by atoms with Gasteiger partial charge >= 0.3 is 0 Å². The van der Waals surface area contributed by atoms with E-state index in [-0.39, 0.29) is 35.6 Å². The van der Waals surface area contributed by atoms with E-state index in [0.717, 1.165) is 28.2 Å². The van der Waals surface area contributed by atoms with E-state index in [9.17, 15) is 14.7 Å². The number of H-pyrrole nitrogens is 1. The van der Waals surface area contributed by atoms with Crippen LogP contribution in [-0.4, -0.2) is 48.7 Å². The van der Waals surface area contributed by atoms with E-state index in [1.54, 1.807) is 18.1 Å². The van der Waals surface area contributed by atoms with Crippen LogP contribution in [0, 0.1) is 5.92 Å². The molecule has 7 rings (SSSR count). The molecule has 0 aliphatic carbocycles. The Labute approximate surface area is 262 Å². The first-order valence-electron chi connectivity index (χ1n) is 15.4. The number of ether oxygens (including phenoxy) is 2. The molecule has 0 radical (unpaired) electrons. The van der Waals surface area contributed by atoms with Crippen molar-refractivity contribution < 1.29 is 19.4 Å². The fraction of sp³-hybridized carbons (Fsp3) is 0.278. The van der Waals surface area contributed by atoms with Crippen molar-refractivity contribution in [3.8, 4) is 11.4 Å². The van der Waals surface area contributed by atoms with E-state index < -0.39 is 13.7 Å². The number of benzene rings is 4. The molecule has 9 heteroatoms. The number of rotatable bonds is 7. The lowest BCUT2D eigenvalue weighted by Crippen LogP contribution is -2.51. The van der Waals surface area contributed by atoms with Gasteiger partial charge in [-0.3, -0.25) is 19.6 Å². The first-order chi connectivity index (χ1) is 21.7. The van der Waals surface area contributed by atoms with E-state index in [1.165, 1.54) is 9.87 Å². The highest BCUT2D eigenvalue weighted by atomic mass is 28.3. The maximum atomic E-state index is 15.0. The lowest BCUT2D eigenvalue weighted by molar-refractivity contribution is -0.145. The minimum Gasteiger partial charge on any atom is -0.497 e. The number of fused-ring (bicyclic) bond motifs is 3. The van der Waals surface area contributed by atoms with Gasteiger partial charge in [0.15, 0.2) is 5.60 Å². The monoisotopic (exact) mass is 619 g/mol. The molecule has 0 bridgehead atoms. The van der Waals surface area contributed by atoms with Crippen molar-refractivity contribution in [1.82, 2.24) is 9.78 Å². The second-order valence-electron chi connectivity index (χ2n) is 12.6. The van der Waals surface area contributed by atoms with Gasteiger partial charge in [-0.1, -0.05) is 67.7 Å². The Hall–Kier alpha value is -4.44. The van der Waals surface area contributed by atoms with Gasteiger partial charge in [0, 0.05) is 23.8 Å². The van der Waals surface area contributed by atoms with Crippen LogP contribution in [-0.2, 0) is 15.1 Å². The number of aromatic amines is 1. The fourth-order valence-corrected chi connectivity index (χ4v) is 11.9. The summed E-state index contributed by atoms with van der Waals surface area (Å²) >= 11 is 0. The highest BCUT2D eigenvalue weighted by molar-refractivity contribution is 6.91. The summed E-state index contributed by atoms with van der Waals surface area (Å²) in [6.07, 6.45) is 0.0686. The summed E-state index contributed by atoms with van der Waals surface area (Å²) in [5.74, 6) is 0.413. The molecule has 1 spiro atoms. The molecule has 2 aliphatic rings. The molecule has 1 fully saturated rings. The minimum absolute atomic E-state index is 0.00465. The number of para-hydroxylation sites is 2. The number of amides is 1. The molecule has 1 amide bonds. The third kappa shape index (κ3) is 4.33. The largest absolute Gasteiger partial charge is 0.497 e.